The first-order valence-corrected chi connectivity index (χ1v) is 8.73. The van der Waals surface area contributed by atoms with E-state index >= 15 is 0 Å². The van der Waals surface area contributed by atoms with E-state index in [1.54, 1.807) is 0 Å². The number of imidazole rings is 1. The molecule has 2 heterocycles. The standard InChI is InChI=1S/C17H24ClN3/c1-2-3-13-4-6-14(7-5-13)21-16-9-11-19-12-15(16)20-17(21)8-10-18/h9,11-14H,2-8,10H2,1H3. The normalized spacial score (nSPS) is 22.8. The lowest BCUT2D eigenvalue weighted by Crippen LogP contribution is -2.20. The molecule has 1 aliphatic rings. The minimum absolute atomic E-state index is 0.587. The van der Waals surface area contributed by atoms with Crippen LogP contribution in [0, 0.1) is 5.92 Å². The van der Waals surface area contributed by atoms with E-state index < -0.39 is 0 Å². The maximum Gasteiger partial charge on any atom is 0.111 e. The lowest BCUT2D eigenvalue weighted by atomic mass is 9.83. The molecule has 3 rings (SSSR count). The van der Waals surface area contributed by atoms with Crippen molar-refractivity contribution in [3.63, 3.8) is 0 Å². The zero-order valence-corrected chi connectivity index (χ0v) is 13.5. The van der Waals surface area contributed by atoms with Crippen molar-refractivity contribution >= 4 is 22.6 Å². The van der Waals surface area contributed by atoms with Crippen LogP contribution in [0.1, 0.15) is 57.3 Å². The number of aryl methyl sites for hydroxylation is 1. The summed E-state index contributed by atoms with van der Waals surface area (Å²) in [6.07, 6.45) is 12.5. The fraction of sp³-hybridized carbons (Fsp3) is 0.647. The van der Waals surface area contributed by atoms with Crippen LogP contribution in [-0.2, 0) is 6.42 Å². The van der Waals surface area contributed by atoms with Crippen molar-refractivity contribution in [3.8, 4) is 0 Å². The molecule has 3 nitrogen and oxygen atoms in total. The Kier molecular flexibility index (Phi) is 4.79. The molecule has 1 fully saturated rings. The van der Waals surface area contributed by atoms with Gasteiger partial charge in [-0.3, -0.25) is 4.98 Å². The van der Waals surface area contributed by atoms with Gasteiger partial charge in [0.25, 0.3) is 0 Å². The second kappa shape index (κ2) is 6.78. The van der Waals surface area contributed by atoms with Gasteiger partial charge in [0.2, 0.25) is 0 Å². The van der Waals surface area contributed by atoms with Gasteiger partial charge in [-0.2, -0.15) is 0 Å². The summed E-state index contributed by atoms with van der Waals surface area (Å²) in [5.74, 6) is 2.69. The van der Waals surface area contributed by atoms with Crippen molar-refractivity contribution in [2.75, 3.05) is 5.88 Å². The largest absolute Gasteiger partial charge is 0.325 e. The number of aromatic nitrogens is 3. The van der Waals surface area contributed by atoms with Gasteiger partial charge in [-0.15, -0.1) is 11.6 Å². The molecule has 1 aliphatic carbocycles. The van der Waals surface area contributed by atoms with Crippen molar-refractivity contribution in [2.45, 2.75) is 57.9 Å². The predicted octanol–water partition coefficient (Wildman–Crippen LogP) is 4.74. The second-order valence-electron chi connectivity index (χ2n) is 6.16. The second-order valence-corrected chi connectivity index (χ2v) is 6.54. The lowest BCUT2D eigenvalue weighted by molar-refractivity contribution is 0.263. The van der Waals surface area contributed by atoms with E-state index in [4.69, 9.17) is 16.6 Å². The zero-order chi connectivity index (χ0) is 14.7. The summed E-state index contributed by atoms with van der Waals surface area (Å²) in [6.45, 7) is 2.29. The Balaban J connectivity index is 1.87. The summed E-state index contributed by atoms with van der Waals surface area (Å²) >= 11 is 5.97. The average molecular weight is 306 g/mol. The van der Waals surface area contributed by atoms with E-state index in [0.29, 0.717) is 11.9 Å². The highest BCUT2D eigenvalue weighted by molar-refractivity contribution is 6.17. The Morgan fingerprint density at radius 3 is 2.81 bits per heavy atom. The molecule has 21 heavy (non-hydrogen) atoms. The fourth-order valence-electron chi connectivity index (χ4n) is 3.77. The van der Waals surface area contributed by atoms with Gasteiger partial charge in [-0.1, -0.05) is 19.8 Å². The smallest absolute Gasteiger partial charge is 0.111 e. The molecule has 0 atom stereocenters. The molecule has 0 unspecified atom stereocenters. The molecule has 0 amide bonds. The Morgan fingerprint density at radius 1 is 1.29 bits per heavy atom. The van der Waals surface area contributed by atoms with Gasteiger partial charge < -0.3 is 4.57 Å². The van der Waals surface area contributed by atoms with Gasteiger partial charge in [-0.25, -0.2) is 4.98 Å². The molecule has 0 bridgehead atoms. The quantitative estimate of drug-likeness (QED) is 0.747. The zero-order valence-electron chi connectivity index (χ0n) is 12.8. The third-order valence-corrected chi connectivity index (χ3v) is 4.95. The molecule has 2 aromatic rings. The molecule has 0 N–H and O–H groups in total. The van der Waals surface area contributed by atoms with Gasteiger partial charge in [0.05, 0.1) is 11.7 Å². The van der Waals surface area contributed by atoms with Crippen LogP contribution in [0.3, 0.4) is 0 Å². The van der Waals surface area contributed by atoms with Crippen LogP contribution in [0.15, 0.2) is 18.5 Å². The van der Waals surface area contributed by atoms with Gasteiger partial charge in [0, 0.05) is 24.5 Å². The molecular weight excluding hydrogens is 282 g/mol. The molecule has 2 aromatic heterocycles. The molecule has 0 aliphatic heterocycles. The fourth-order valence-corrected chi connectivity index (χ4v) is 3.94. The van der Waals surface area contributed by atoms with Crippen LogP contribution in [0.25, 0.3) is 11.0 Å². The van der Waals surface area contributed by atoms with E-state index in [9.17, 15) is 0 Å². The maximum atomic E-state index is 5.97. The number of hydrogen-bond donors (Lipinski definition) is 0. The van der Waals surface area contributed by atoms with Crippen LogP contribution in [0.2, 0.25) is 0 Å². The van der Waals surface area contributed by atoms with Crippen molar-refractivity contribution in [1.82, 2.24) is 14.5 Å². The highest BCUT2D eigenvalue weighted by atomic mass is 35.5. The average Bonchev–Trinajstić information content (AvgIpc) is 2.87. The monoisotopic (exact) mass is 305 g/mol. The van der Waals surface area contributed by atoms with Crippen LogP contribution in [-0.4, -0.2) is 20.4 Å². The van der Waals surface area contributed by atoms with Gasteiger partial charge in [0.15, 0.2) is 0 Å². The number of alkyl halides is 1. The highest BCUT2D eigenvalue weighted by Gasteiger charge is 2.25. The first kappa shape index (κ1) is 14.8. The molecular formula is C17H24ClN3. The third kappa shape index (κ3) is 3.08. The molecule has 4 heteroatoms. The number of pyridine rings is 1. The van der Waals surface area contributed by atoms with Crippen molar-refractivity contribution in [1.29, 1.82) is 0 Å². The third-order valence-electron chi connectivity index (χ3n) is 4.76. The molecule has 1 saturated carbocycles. The molecule has 114 valence electrons. The topological polar surface area (TPSA) is 30.7 Å². The SMILES string of the molecule is CCCC1CCC(n2c(CCCl)nc3cnccc32)CC1. The van der Waals surface area contributed by atoms with Crippen molar-refractivity contribution < 1.29 is 0 Å². The Bertz CT molecular complexity index is 585. The summed E-state index contributed by atoms with van der Waals surface area (Å²) in [6, 6.07) is 2.68. The first-order chi connectivity index (χ1) is 10.3. The van der Waals surface area contributed by atoms with Crippen LogP contribution < -0.4 is 0 Å². The lowest BCUT2D eigenvalue weighted by Gasteiger charge is -2.30. The summed E-state index contributed by atoms with van der Waals surface area (Å²) in [4.78, 5) is 8.95. The summed E-state index contributed by atoms with van der Waals surface area (Å²) in [7, 11) is 0. The number of nitrogens with zero attached hydrogens (tertiary/aromatic N) is 3. The Labute approximate surface area is 131 Å². The van der Waals surface area contributed by atoms with E-state index in [2.05, 4.69) is 22.5 Å². The number of fused-ring (bicyclic) bond motifs is 1. The summed E-state index contributed by atoms with van der Waals surface area (Å²) in [5.41, 5.74) is 2.23. The molecule has 0 spiro atoms. The first-order valence-electron chi connectivity index (χ1n) is 8.20. The molecule has 0 radical (unpaired) electrons. The van der Waals surface area contributed by atoms with Gasteiger partial charge in [0.1, 0.15) is 11.3 Å². The Morgan fingerprint density at radius 2 is 2.10 bits per heavy atom. The minimum Gasteiger partial charge on any atom is -0.325 e. The summed E-state index contributed by atoms with van der Waals surface area (Å²) in [5, 5.41) is 0. The van der Waals surface area contributed by atoms with Crippen LogP contribution in [0.5, 0.6) is 0 Å². The van der Waals surface area contributed by atoms with E-state index in [1.807, 2.05) is 12.4 Å². The predicted molar refractivity (Wildman–Crippen MR) is 87.9 cm³/mol. The van der Waals surface area contributed by atoms with Gasteiger partial charge >= 0.3 is 0 Å². The minimum atomic E-state index is 0.587. The highest BCUT2D eigenvalue weighted by Crippen LogP contribution is 2.36. The number of halogens is 1. The Hall–Kier alpha value is -1.09. The molecule has 0 aromatic carbocycles. The van der Waals surface area contributed by atoms with E-state index in [1.165, 1.54) is 44.0 Å². The molecule has 0 saturated heterocycles. The van der Waals surface area contributed by atoms with Crippen LogP contribution in [0.4, 0.5) is 0 Å². The number of hydrogen-bond acceptors (Lipinski definition) is 2. The van der Waals surface area contributed by atoms with E-state index in [-0.39, 0.29) is 0 Å². The van der Waals surface area contributed by atoms with E-state index in [0.717, 1.165) is 23.7 Å². The van der Waals surface area contributed by atoms with Crippen molar-refractivity contribution in [3.05, 3.63) is 24.3 Å². The van der Waals surface area contributed by atoms with Crippen molar-refractivity contribution in [2.24, 2.45) is 5.92 Å². The van der Waals surface area contributed by atoms with Gasteiger partial charge in [-0.05, 0) is 37.7 Å². The van der Waals surface area contributed by atoms with Crippen LogP contribution >= 0.6 is 11.6 Å². The number of rotatable bonds is 5. The summed E-state index contributed by atoms with van der Waals surface area (Å²) < 4.78 is 2.45. The maximum absolute atomic E-state index is 5.97.